The molecule has 0 fully saturated rings. The molecule has 5 heteroatoms. The SMILES string of the molecule is CC(=O)NC/C(C)=N/NC(=O)c1ccccc1. The van der Waals surface area contributed by atoms with E-state index in [2.05, 4.69) is 15.8 Å². The van der Waals surface area contributed by atoms with Gasteiger partial charge in [-0.2, -0.15) is 5.10 Å². The molecule has 17 heavy (non-hydrogen) atoms. The molecule has 0 atom stereocenters. The summed E-state index contributed by atoms with van der Waals surface area (Å²) in [6.45, 7) is 3.47. The maximum Gasteiger partial charge on any atom is 0.271 e. The van der Waals surface area contributed by atoms with E-state index in [0.29, 0.717) is 17.8 Å². The van der Waals surface area contributed by atoms with Crippen LogP contribution in [-0.2, 0) is 4.79 Å². The molecule has 0 bridgehead atoms. The maximum absolute atomic E-state index is 11.6. The summed E-state index contributed by atoms with van der Waals surface area (Å²) in [5, 5.41) is 6.46. The zero-order chi connectivity index (χ0) is 12.7. The number of nitrogens with zero attached hydrogens (tertiary/aromatic N) is 1. The first kappa shape index (κ1) is 12.9. The lowest BCUT2D eigenvalue weighted by Crippen LogP contribution is -2.28. The van der Waals surface area contributed by atoms with Gasteiger partial charge in [0.15, 0.2) is 0 Å². The molecule has 0 aliphatic carbocycles. The zero-order valence-electron chi connectivity index (χ0n) is 9.86. The predicted octanol–water partition coefficient (Wildman–Crippen LogP) is 0.928. The van der Waals surface area contributed by atoms with Crippen molar-refractivity contribution in [2.75, 3.05) is 6.54 Å². The van der Waals surface area contributed by atoms with Gasteiger partial charge in [0.25, 0.3) is 5.91 Å². The number of carbonyl (C=O) groups is 2. The highest BCUT2D eigenvalue weighted by molar-refractivity contribution is 5.95. The molecule has 1 aromatic carbocycles. The summed E-state index contributed by atoms with van der Waals surface area (Å²) in [4.78, 5) is 22.2. The summed E-state index contributed by atoms with van der Waals surface area (Å²) in [7, 11) is 0. The molecule has 1 aromatic rings. The minimum Gasteiger partial charge on any atom is -0.351 e. The van der Waals surface area contributed by atoms with Gasteiger partial charge in [-0.15, -0.1) is 0 Å². The van der Waals surface area contributed by atoms with Crippen molar-refractivity contribution in [2.24, 2.45) is 5.10 Å². The van der Waals surface area contributed by atoms with Crippen LogP contribution in [-0.4, -0.2) is 24.1 Å². The molecule has 2 amide bonds. The molecular formula is C12H15N3O2. The third-order valence-electron chi connectivity index (χ3n) is 1.98. The fraction of sp³-hybridized carbons (Fsp3) is 0.250. The van der Waals surface area contributed by atoms with E-state index in [1.54, 1.807) is 31.2 Å². The van der Waals surface area contributed by atoms with Crippen molar-refractivity contribution in [3.8, 4) is 0 Å². The molecule has 0 aliphatic rings. The summed E-state index contributed by atoms with van der Waals surface area (Å²) < 4.78 is 0. The van der Waals surface area contributed by atoms with Crippen LogP contribution < -0.4 is 10.7 Å². The van der Waals surface area contributed by atoms with Gasteiger partial charge in [-0.05, 0) is 19.1 Å². The van der Waals surface area contributed by atoms with E-state index in [1.165, 1.54) is 6.92 Å². The third-order valence-corrected chi connectivity index (χ3v) is 1.98. The minimum atomic E-state index is -0.271. The van der Waals surface area contributed by atoms with Gasteiger partial charge in [0.1, 0.15) is 0 Å². The van der Waals surface area contributed by atoms with Gasteiger partial charge >= 0.3 is 0 Å². The Bertz CT molecular complexity index is 427. The number of amides is 2. The van der Waals surface area contributed by atoms with Crippen LogP contribution in [0.3, 0.4) is 0 Å². The Hall–Kier alpha value is -2.17. The summed E-state index contributed by atoms with van der Waals surface area (Å²) in [6, 6.07) is 8.80. The monoisotopic (exact) mass is 233 g/mol. The second-order valence-electron chi connectivity index (χ2n) is 3.56. The summed E-state index contributed by atoms with van der Waals surface area (Å²) in [5.74, 6) is -0.401. The lowest BCUT2D eigenvalue weighted by atomic mass is 10.2. The summed E-state index contributed by atoms with van der Waals surface area (Å²) in [5.41, 5.74) is 3.59. The van der Waals surface area contributed by atoms with Gasteiger partial charge in [-0.3, -0.25) is 9.59 Å². The largest absolute Gasteiger partial charge is 0.351 e. The Morgan fingerprint density at radius 3 is 2.41 bits per heavy atom. The predicted molar refractivity (Wildman–Crippen MR) is 65.7 cm³/mol. The van der Waals surface area contributed by atoms with Crippen molar-refractivity contribution in [1.82, 2.24) is 10.7 Å². The van der Waals surface area contributed by atoms with Crippen LogP contribution in [0, 0.1) is 0 Å². The van der Waals surface area contributed by atoms with E-state index in [9.17, 15) is 9.59 Å². The number of hydrogen-bond acceptors (Lipinski definition) is 3. The Morgan fingerprint density at radius 1 is 1.18 bits per heavy atom. The van der Waals surface area contributed by atoms with Crippen molar-refractivity contribution >= 4 is 17.5 Å². The topological polar surface area (TPSA) is 70.6 Å². The van der Waals surface area contributed by atoms with Gasteiger partial charge in [0.2, 0.25) is 5.91 Å². The van der Waals surface area contributed by atoms with E-state index in [1.807, 2.05) is 6.07 Å². The molecule has 0 aromatic heterocycles. The number of carbonyl (C=O) groups excluding carboxylic acids is 2. The molecular weight excluding hydrogens is 218 g/mol. The van der Waals surface area contributed by atoms with Crippen LogP contribution in [0.15, 0.2) is 35.4 Å². The Kier molecular flexibility index (Phi) is 4.87. The van der Waals surface area contributed by atoms with Crippen LogP contribution in [0.5, 0.6) is 0 Å². The average molecular weight is 233 g/mol. The first-order chi connectivity index (χ1) is 8.09. The van der Waals surface area contributed by atoms with Gasteiger partial charge < -0.3 is 5.32 Å². The van der Waals surface area contributed by atoms with Crippen molar-refractivity contribution in [2.45, 2.75) is 13.8 Å². The first-order valence-electron chi connectivity index (χ1n) is 5.22. The van der Waals surface area contributed by atoms with Crippen molar-refractivity contribution < 1.29 is 9.59 Å². The molecule has 0 unspecified atom stereocenters. The Labute approximate surface area is 99.9 Å². The number of rotatable bonds is 4. The molecule has 90 valence electrons. The number of hydrogen-bond donors (Lipinski definition) is 2. The molecule has 0 spiro atoms. The van der Waals surface area contributed by atoms with Gasteiger partial charge in [0.05, 0.1) is 12.3 Å². The second kappa shape index (κ2) is 6.42. The van der Waals surface area contributed by atoms with E-state index < -0.39 is 0 Å². The fourth-order valence-corrected chi connectivity index (χ4v) is 1.09. The second-order valence-corrected chi connectivity index (χ2v) is 3.56. The summed E-state index contributed by atoms with van der Waals surface area (Å²) in [6.07, 6.45) is 0. The molecule has 0 saturated carbocycles. The normalized spacial score (nSPS) is 10.8. The van der Waals surface area contributed by atoms with Crippen molar-refractivity contribution in [3.05, 3.63) is 35.9 Å². The van der Waals surface area contributed by atoms with Crippen LogP contribution in [0.4, 0.5) is 0 Å². The fourth-order valence-electron chi connectivity index (χ4n) is 1.09. The third kappa shape index (κ3) is 4.92. The lowest BCUT2D eigenvalue weighted by Gasteiger charge is -2.03. The summed E-state index contributed by atoms with van der Waals surface area (Å²) >= 11 is 0. The average Bonchev–Trinajstić information content (AvgIpc) is 2.34. The molecule has 5 nitrogen and oxygen atoms in total. The number of nitrogens with one attached hydrogen (secondary N) is 2. The standard InChI is InChI=1S/C12H15N3O2/c1-9(8-13-10(2)16)14-15-12(17)11-6-4-3-5-7-11/h3-7H,8H2,1-2H3,(H,13,16)(H,15,17)/b14-9+. The van der Waals surface area contributed by atoms with Gasteiger partial charge in [-0.25, -0.2) is 5.43 Å². The van der Waals surface area contributed by atoms with E-state index >= 15 is 0 Å². The molecule has 0 aliphatic heterocycles. The van der Waals surface area contributed by atoms with Gasteiger partial charge in [0, 0.05) is 12.5 Å². The molecule has 0 heterocycles. The van der Waals surface area contributed by atoms with Crippen molar-refractivity contribution in [3.63, 3.8) is 0 Å². The molecule has 0 saturated heterocycles. The van der Waals surface area contributed by atoms with Crippen molar-refractivity contribution in [1.29, 1.82) is 0 Å². The smallest absolute Gasteiger partial charge is 0.271 e. The van der Waals surface area contributed by atoms with Crippen LogP contribution in [0.2, 0.25) is 0 Å². The molecule has 2 N–H and O–H groups in total. The van der Waals surface area contributed by atoms with Crippen LogP contribution >= 0.6 is 0 Å². The number of benzene rings is 1. The quantitative estimate of drug-likeness (QED) is 0.600. The maximum atomic E-state index is 11.6. The van der Waals surface area contributed by atoms with Crippen LogP contribution in [0.1, 0.15) is 24.2 Å². The minimum absolute atomic E-state index is 0.131. The highest BCUT2D eigenvalue weighted by Crippen LogP contribution is 1.97. The highest BCUT2D eigenvalue weighted by atomic mass is 16.2. The van der Waals surface area contributed by atoms with E-state index in [-0.39, 0.29) is 11.8 Å². The first-order valence-corrected chi connectivity index (χ1v) is 5.22. The molecule has 1 rings (SSSR count). The van der Waals surface area contributed by atoms with E-state index in [4.69, 9.17) is 0 Å². The van der Waals surface area contributed by atoms with Crippen LogP contribution in [0.25, 0.3) is 0 Å². The van der Waals surface area contributed by atoms with E-state index in [0.717, 1.165) is 0 Å². The lowest BCUT2D eigenvalue weighted by molar-refractivity contribution is -0.118. The number of hydrazone groups is 1. The van der Waals surface area contributed by atoms with Gasteiger partial charge in [-0.1, -0.05) is 18.2 Å². The molecule has 0 radical (unpaired) electrons. The Balaban J connectivity index is 2.47. The zero-order valence-corrected chi connectivity index (χ0v) is 9.86. The Morgan fingerprint density at radius 2 is 1.82 bits per heavy atom. The highest BCUT2D eigenvalue weighted by Gasteiger charge is 2.02.